The van der Waals surface area contributed by atoms with Gasteiger partial charge in [0.2, 0.25) is 0 Å². The number of hydrogen-bond acceptors (Lipinski definition) is 4. The topological polar surface area (TPSA) is 75.7 Å². The number of ether oxygens (including phenoxy) is 1. The zero-order valence-electron chi connectivity index (χ0n) is 15.9. The summed E-state index contributed by atoms with van der Waals surface area (Å²) in [5, 5.41) is 0. The molecule has 0 aromatic heterocycles. The van der Waals surface area contributed by atoms with E-state index in [1.54, 1.807) is 6.07 Å². The van der Waals surface area contributed by atoms with Crippen molar-refractivity contribution < 1.29 is 22.3 Å². The van der Waals surface area contributed by atoms with E-state index < -0.39 is 28.5 Å². The van der Waals surface area contributed by atoms with Crippen LogP contribution >= 0.6 is 0 Å². The molecule has 0 radical (unpaired) electrons. The monoisotopic (exact) mass is 466 g/mol. The van der Waals surface area contributed by atoms with Crippen molar-refractivity contribution in [2.24, 2.45) is 0 Å². The first kappa shape index (κ1) is 23.9. The van der Waals surface area contributed by atoms with Crippen molar-refractivity contribution in [1.82, 2.24) is 4.72 Å². The molecule has 1 fully saturated rings. The van der Waals surface area contributed by atoms with Gasteiger partial charge >= 0.3 is 61.6 Å². The van der Waals surface area contributed by atoms with Gasteiger partial charge in [-0.15, -0.1) is 0 Å². The maximum absolute atomic E-state index is 15.1. The van der Waals surface area contributed by atoms with E-state index in [4.69, 9.17) is 4.74 Å². The summed E-state index contributed by atoms with van der Waals surface area (Å²) in [4.78, 5) is 11.7. The Bertz CT molecular complexity index is 1170. The fourth-order valence-electron chi connectivity index (χ4n) is 3.29. The molecule has 1 saturated heterocycles. The number of anilines is 1. The standard InChI is InChI=1S/C22H19FN2O4S.K.H/c23-19-12-18(11-16-7-3-1-4-8-16)13-20(29-15-17-9-5-2-6-10-17)22(19)25-14-21(26)24-30(25,27)28;;/h1-10,12-13H,11,14-15H2,(H,24,26);;. The number of carbonyl (C=O) groups is 1. The van der Waals surface area contributed by atoms with E-state index in [1.165, 1.54) is 6.07 Å². The second-order valence-electron chi connectivity index (χ2n) is 6.90. The number of hydrogen-bond donors (Lipinski definition) is 1. The number of nitrogens with one attached hydrogen (secondary N) is 1. The number of nitrogens with zero attached hydrogens (tertiary/aromatic N) is 1. The van der Waals surface area contributed by atoms with Crippen molar-refractivity contribution in [3.63, 3.8) is 0 Å². The molecule has 9 heteroatoms. The van der Waals surface area contributed by atoms with Crippen molar-refractivity contribution in [3.8, 4) is 5.75 Å². The van der Waals surface area contributed by atoms with E-state index in [-0.39, 0.29) is 69.4 Å². The van der Waals surface area contributed by atoms with Gasteiger partial charge in [0.25, 0.3) is 5.91 Å². The van der Waals surface area contributed by atoms with Crippen LogP contribution in [0.5, 0.6) is 5.75 Å². The number of halogens is 1. The minimum atomic E-state index is -4.18. The molecular weight excluding hydrogens is 446 g/mol. The van der Waals surface area contributed by atoms with Gasteiger partial charge in [-0.05, 0) is 35.2 Å². The molecule has 0 aliphatic carbocycles. The molecule has 0 unspecified atom stereocenters. The van der Waals surface area contributed by atoms with Crippen molar-refractivity contribution in [2.75, 3.05) is 10.8 Å². The van der Waals surface area contributed by atoms with Crippen molar-refractivity contribution in [2.45, 2.75) is 13.0 Å². The summed E-state index contributed by atoms with van der Waals surface area (Å²) in [5.74, 6) is -1.44. The molecule has 0 bridgehead atoms. The molecule has 1 heterocycles. The summed E-state index contributed by atoms with van der Waals surface area (Å²) in [6, 6.07) is 21.7. The SMILES string of the molecule is O=C1CN(c2c(F)cc(Cc3ccccc3)cc2OCc2ccccc2)S(=O)(=O)N1.[KH]. The van der Waals surface area contributed by atoms with Gasteiger partial charge in [-0.2, -0.15) is 8.42 Å². The molecule has 4 rings (SSSR count). The summed E-state index contributed by atoms with van der Waals surface area (Å²) < 4.78 is 48.1. The number of carbonyl (C=O) groups excluding carboxylic acids is 1. The average Bonchev–Trinajstić information content (AvgIpc) is 2.99. The van der Waals surface area contributed by atoms with Crippen LogP contribution in [0, 0.1) is 5.82 Å². The zero-order valence-corrected chi connectivity index (χ0v) is 16.7. The second-order valence-corrected chi connectivity index (χ2v) is 8.49. The Balaban J connectivity index is 0.00000272. The van der Waals surface area contributed by atoms with Crippen LogP contribution in [0.4, 0.5) is 10.1 Å². The van der Waals surface area contributed by atoms with E-state index in [0.29, 0.717) is 16.3 Å². The molecule has 0 spiro atoms. The summed E-state index contributed by atoms with van der Waals surface area (Å²) in [5.41, 5.74) is 2.17. The van der Waals surface area contributed by atoms with Gasteiger partial charge in [0.1, 0.15) is 24.6 Å². The van der Waals surface area contributed by atoms with E-state index in [0.717, 1.165) is 11.1 Å². The first-order valence-electron chi connectivity index (χ1n) is 9.29. The molecule has 31 heavy (non-hydrogen) atoms. The molecule has 0 saturated carbocycles. The van der Waals surface area contributed by atoms with Crippen LogP contribution in [0.1, 0.15) is 16.7 Å². The van der Waals surface area contributed by atoms with Crippen molar-refractivity contribution in [3.05, 3.63) is 95.3 Å². The Kier molecular flexibility index (Phi) is 7.90. The van der Waals surface area contributed by atoms with E-state index in [2.05, 4.69) is 0 Å². The minimum absolute atomic E-state index is 0. The van der Waals surface area contributed by atoms with Crippen LogP contribution in [0.2, 0.25) is 0 Å². The molecule has 1 amide bonds. The van der Waals surface area contributed by atoms with Gasteiger partial charge in [-0.25, -0.2) is 13.4 Å². The molecule has 3 aromatic carbocycles. The number of benzene rings is 3. The van der Waals surface area contributed by atoms with Gasteiger partial charge in [-0.3, -0.25) is 4.79 Å². The van der Waals surface area contributed by atoms with Gasteiger partial charge in [0, 0.05) is 0 Å². The third kappa shape index (κ3) is 5.74. The van der Waals surface area contributed by atoms with Crippen LogP contribution in [-0.2, 0) is 28.0 Å². The quantitative estimate of drug-likeness (QED) is 0.567. The zero-order chi connectivity index (χ0) is 21.1. The maximum atomic E-state index is 15.1. The Hall–Kier alpha value is -1.75. The van der Waals surface area contributed by atoms with Crippen LogP contribution in [0.3, 0.4) is 0 Å². The fraction of sp³-hybridized carbons (Fsp3) is 0.136. The first-order valence-corrected chi connectivity index (χ1v) is 10.7. The fourth-order valence-corrected chi connectivity index (χ4v) is 4.46. The summed E-state index contributed by atoms with van der Waals surface area (Å²) in [7, 11) is -4.18. The molecule has 156 valence electrons. The van der Waals surface area contributed by atoms with Crippen LogP contribution < -0.4 is 13.8 Å². The normalized spacial score (nSPS) is 14.6. The third-order valence-electron chi connectivity index (χ3n) is 4.65. The summed E-state index contributed by atoms with van der Waals surface area (Å²) in [6.07, 6.45) is 0.448. The molecule has 1 aliphatic rings. The predicted molar refractivity (Wildman–Crippen MR) is 118 cm³/mol. The van der Waals surface area contributed by atoms with Gasteiger partial charge < -0.3 is 4.74 Å². The number of rotatable bonds is 6. The Morgan fingerprint density at radius 1 is 0.935 bits per heavy atom. The van der Waals surface area contributed by atoms with Crippen LogP contribution in [-0.4, -0.2) is 72.3 Å². The van der Waals surface area contributed by atoms with E-state index in [9.17, 15) is 13.2 Å². The second kappa shape index (κ2) is 10.2. The molecule has 3 aromatic rings. The van der Waals surface area contributed by atoms with E-state index >= 15 is 4.39 Å². The molecular formula is C22H20FKN2O4S. The third-order valence-corrected chi connectivity index (χ3v) is 6.02. The van der Waals surface area contributed by atoms with Crippen molar-refractivity contribution in [1.29, 1.82) is 0 Å². The van der Waals surface area contributed by atoms with Crippen LogP contribution in [0.25, 0.3) is 0 Å². The van der Waals surface area contributed by atoms with Gasteiger partial charge in [0.05, 0.1) is 0 Å². The molecule has 6 nitrogen and oxygen atoms in total. The van der Waals surface area contributed by atoms with Gasteiger partial charge in [-0.1, -0.05) is 60.7 Å². The van der Waals surface area contributed by atoms with Crippen molar-refractivity contribution >= 4 is 73.2 Å². The molecule has 1 aliphatic heterocycles. The Labute approximate surface area is 223 Å². The molecule has 1 N–H and O–H groups in total. The number of amides is 1. The predicted octanol–water partition coefficient (Wildman–Crippen LogP) is 2.53. The summed E-state index contributed by atoms with van der Waals surface area (Å²) in [6.45, 7) is -0.379. The summed E-state index contributed by atoms with van der Waals surface area (Å²) >= 11 is 0. The average molecular weight is 467 g/mol. The van der Waals surface area contributed by atoms with Gasteiger partial charge in [0.15, 0.2) is 5.82 Å². The Morgan fingerprint density at radius 2 is 1.55 bits per heavy atom. The van der Waals surface area contributed by atoms with E-state index in [1.807, 2.05) is 65.4 Å². The Morgan fingerprint density at radius 3 is 2.13 bits per heavy atom. The van der Waals surface area contributed by atoms with Crippen LogP contribution in [0.15, 0.2) is 72.8 Å². The molecule has 0 atom stereocenters. The first-order chi connectivity index (χ1) is 14.4.